The molecule has 2 aromatic rings. The van der Waals surface area contributed by atoms with Gasteiger partial charge in [0.05, 0.1) is 18.7 Å². The highest BCUT2D eigenvalue weighted by Crippen LogP contribution is 2.30. The lowest BCUT2D eigenvalue weighted by atomic mass is 9.98. The van der Waals surface area contributed by atoms with Gasteiger partial charge in [-0.05, 0) is 43.2 Å². The number of carbonyl (C=O) groups excluding carboxylic acids is 1. The number of para-hydroxylation sites is 1. The Morgan fingerprint density at radius 2 is 1.96 bits per heavy atom. The molecule has 1 aliphatic heterocycles. The number of amides is 1. The molecule has 3 rings (SSSR count). The van der Waals surface area contributed by atoms with E-state index in [1.807, 2.05) is 0 Å². The molecule has 1 heterocycles. The number of halogens is 2. The highest BCUT2D eigenvalue weighted by Gasteiger charge is 2.35. The zero-order valence-corrected chi connectivity index (χ0v) is 16.0. The maximum atomic E-state index is 13.8. The van der Waals surface area contributed by atoms with Gasteiger partial charge in [0.15, 0.2) is 0 Å². The molecule has 0 aliphatic carbocycles. The molecule has 1 atom stereocenters. The van der Waals surface area contributed by atoms with Crippen LogP contribution in [0.3, 0.4) is 0 Å². The molecule has 1 aliphatic rings. The summed E-state index contributed by atoms with van der Waals surface area (Å²) in [6.07, 6.45) is 0.915. The highest BCUT2D eigenvalue weighted by atomic mass is 32.2. The zero-order chi connectivity index (χ0) is 20.3. The molecular formula is C19H20F2N2O4S. The van der Waals surface area contributed by atoms with Gasteiger partial charge < -0.3 is 10.1 Å². The summed E-state index contributed by atoms with van der Waals surface area (Å²) in [6, 6.07) is 9.01. The maximum absolute atomic E-state index is 13.8. The van der Waals surface area contributed by atoms with E-state index in [2.05, 4.69) is 5.32 Å². The first-order chi connectivity index (χ1) is 13.3. The molecule has 6 nitrogen and oxygen atoms in total. The number of hydrogen-bond acceptors (Lipinski definition) is 4. The van der Waals surface area contributed by atoms with Crippen LogP contribution in [-0.4, -0.2) is 38.8 Å². The van der Waals surface area contributed by atoms with Gasteiger partial charge in [-0.3, -0.25) is 4.79 Å². The van der Waals surface area contributed by atoms with Gasteiger partial charge in [-0.15, -0.1) is 0 Å². The van der Waals surface area contributed by atoms with E-state index < -0.39 is 33.5 Å². The van der Waals surface area contributed by atoms with E-state index in [9.17, 15) is 22.0 Å². The lowest BCUT2D eigenvalue weighted by Crippen LogP contribution is -2.43. The average molecular weight is 410 g/mol. The van der Waals surface area contributed by atoms with Crippen molar-refractivity contribution in [3.05, 3.63) is 54.1 Å². The molecule has 0 spiro atoms. The van der Waals surface area contributed by atoms with Crippen molar-refractivity contribution in [2.45, 2.75) is 17.7 Å². The fourth-order valence-electron chi connectivity index (χ4n) is 3.16. The number of nitrogens with one attached hydrogen (secondary N) is 1. The van der Waals surface area contributed by atoms with Crippen molar-refractivity contribution in [1.29, 1.82) is 0 Å². The van der Waals surface area contributed by atoms with E-state index in [1.165, 1.54) is 31.4 Å². The second kappa shape index (κ2) is 8.24. The van der Waals surface area contributed by atoms with Gasteiger partial charge >= 0.3 is 0 Å². The summed E-state index contributed by atoms with van der Waals surface area (Å²) in [4.78, 5) is 12.2. The third kappa shape index (κ3) is 4.15. The number of ether oxygens (including phenoxy) is 1. The largest absolute Gasteiger partial charge is 0.495 e. The number of anilines is 1. The van der Waals surface area contributed by atoms with Crippen molar-refractivity contribution in [1.82, 2.24) is 4.31 Å². The molecule has 0 aromatic heterocycles. The molecule has 0 radical (unpaired) electrons. The Morgan fingerprint density at radius 1 is 1.21 bits per heavy atom. The summed E-state index contributed by atoms with van der Waals surface area (Å²) in [7, 11) is -2.76. The van der Waals surface area contributed by atoms with Crippen molar-refractivity contribution in [3.63, 3.8) is 0 Å². The Hall–Kier alpha value is -2.52. The molecule has 2 aromatic carbocycles. The van der Waals surface area contributed by atoms with E-state index in [-0.39, 0.29) is 29.4 Å². The molecular weight excluding hydrogens is 390 g/mol. The van der Waals surface area contributed by atoms with Crippen LogP contribution in [-0.2, 0) is 14.8 Å². The standard InChI is InChI=1S/C19H20F2N2O4S/c1-27-17-9-8-14(20)11-18(17)28(25,26)23-10-4-5-13(12-23)19(24)22-16-7-3-2-6-15(16)21/h2-3,6-9,11,13H,4-5,10,12H2,1H3,(H,22,24). The maximum Gasteiger partial charge on any atom is 0.246 e. The predicted molar refractivity (Wildman–Crippen MR) is 99.5 cm³/mol. The van der Waals surface area contributed by atoms with Crippen molar-refractivity contribution in [3.8, 4) is 5.75 Å². The van der Waals surface area contributed by atoms with Crippen molar-refractivity contribution in [2.75, 3.05) is 25.5 Å². The minimum absolute atomic E-state index is 0.0272. The van der Waals surface area contributed by atoms with Crippen LogP contribution in [0.1, 0.15) is 12.8 Å². The molecule has 1 unspecified atom stereocenters. The quantitative estimate of drug-likeness (QED) is 0.822. The SMILES string of the molecule is COc1ccc(F)cc1S(=O)(=O)N1CCCC(C(=O)Nc2ccccc2F)C1. The van der Waals surface area contributed by atoms with Crippen LogP contribution in [0.2, 0.25) is 0 Å². The van der Waals surface area contributed by atoms with Crippen LogP contribution in [0.25, 0.3) is 0 Å². The number of carbonyl (C=O) groups is 1. The smallest absolute Gasteiger partial charge is 0.246 e. The number of sulfonamides is 1. The second-order valence-electron chi connectivity index (χ2n) is 6.47. The van der Waals surface area contributed by atoms with Gasteiger partial charge in [-0.25, -0.2) is 17.2 Å². The number of methoxy groups -OCH3 is 1. The highest BCUT2D eigenvalue weighted by molar-refractivity contribution is 7.89. The van der Waals surface area contributed by atoms with E-state index in [0.717, 1.165) is 16.4 Å². The van der Waals surface area contributed by atoms with E-state index >= 15 is 0 Å². The second-order valence-corrected chi connectivity index (χ2v) is 8.37. The lowest BCUT2D eigenvalue weighted by molar-refractivity contribution is -0.120. The first-order valence-corrected chi connectivity index (χ1v) is 10.2. The van der Waals surface area contributed by atoms with Gasteiger partial charge in [0, 0.05) is 13.1 Å². The van der Waals surface area contributed by atoms with Crippen molar-refractivity contribution < 1.29 is 26.7 Å². The van der Waals surface area contributed by atoms with Crippen LogP contribution in [0.4, 0.5) is 14.5 Å². The molecule has 1 saturated heterocycles. The summed E-state index contributed by atoms with van der Waals surface area (Å²) >= 11 is 0. The number of benzene rings is 2. The Kier molecular flexibility index (Phi) is 5.95. The number of nitrogens with zero attached hydrogens (tertiary/aromatic N) is 1. The summed E-state index contributed by atoms with van der Waals surface area (Å²) < 4.78 is 59.5. The van der Waals surface area contributed by atoms with Gasteiger partial charge in [0.2, 0.25) is 15.9 Å². The van der Waals surface area contributed by atoms with Crippen LogP contribution in [0, 0.1) is 17.6 Å². The topological polar surface area (TPSA) is 75.7 Å². The number of piperidine rings is 1. The van der Waals surface area contributed by atoms with Crippen molar-refractivity contribution in [2.24, 2.45) is 5.92 Å². The molecule has 9 heteroatoms. The third-order valence-corrected chi connectivity index (χ3v) is 6.52. The Bertz CT molecular complexity index is 982. The predicted octanol–water partition coefficient (Wildman–Crippen LogP) is 3.01. The molecule has 150 valence electrons. The molecule has 1 N–H and O–H groups in total. The summed E-state index contributed by atoms with van der Waals surface area (Å²) in [5, 5.41) is 2.50. The molecule has 1 amide bonds. The zero-order valence-electron chi connectivity index (χ0n) is 15.2. The molecule has 1 fully saturated rings. The number of hydrogen-bond donors (Lipinski definition) is 1. The summed E-state index contributed by atoms with van der Waals surface area (Å²) in [6.45, 7) is 0.119. The van der Waals surface area contributed by atoms with Crippen LogP contribution < -0.4 is 10.1 Å². The summed E-state index contributed by atoms with van der Waals surface area (Å²) in [5.74, 6) is -2.36. The Morgan fingerprint density at radius 3 is 2.68 bits per heavy atom. The minimum atomic E-state index is -4.06. The molecule has 28 heavy (non-hydrogen) atoms. The van der Waals surface area contributed by atoms with E-state index in [4.69, 9.17) is 4.74 Å². The Balaban J connectivity index is 1.80. The normalized spacial score (nSPS) is 17.9. The summed E-state index contributed by atoms with van der Waals surface area (Å²) in [5.41, 5.74) is 0.0410. The minimum Gasteiger partial charge on any atom is -0.495 e. The van der Waals surface area contributed by atoms with Gasteiger partial charge in [-0.2, -0.15) is 4.31 Å². The molecule has 0 bridgehead atoms. The van der Waals surface area contributed by atoms with E-state index in [1.54, 1.807) is 6.07 Å². The fourth-order valence-corrected chi connectivity index (χ4v) is 4.85. The fraction of sp³-hybridized carbons (Fsp3) is 0.316. The number of rotatable bonds is 5. The lowest BCUT2D eigenvalue weighted by Gasteiger charge is -2.31. The van der Waals surface area contributed by atoms with Crippen LogP contribution in [0.5, 0.6) is 5.75 Å². The monoisotopic (exact) mass is 410 g/mol. The van der Waals surface area contributed by atoms with Crippen LogP contribution >= 0.6 is 0 Å². The third-order valence-electron chi connectivity index (χ3n) is 4.63. The average Bonchev–Trinajstić information content (AvgIpc) is 2.69. The first-order valence-electron chi connectivity index (χ1n) is 8.72. The van der Waals surface area contributed by atoms with Gasteiger partial charge in [-0.1, -0.05) is 12.1 Å². The molecule has 0 saturated carbocycles. The van der Waals surface area contributed by atoms with Gasteiger partial charge in [0.25, 0.3) is 0 Å². The first kappa shape index (κ1) is 20.2. The Labute approximate surface area is 162 Å². The van der Waals surface area contributed by atoms with E-state index in [0.29, 0.717) is 12.8 Å². The van der Waals surface area contributed by atoms with Crippen molar-refractivity contribution >= 4 is 21.6 Å². The van der Waals surface area contributed by atoms with Gasteiger partial charge in [0.1, 0.15) is 22.3 Å². The van der Waals surface area contributed by atoms with Crippen LogP contribution in [0.15, 0.2) is 47.4 Å².